The molecule has 4 heteroatoms. The number of hydrogen-bond acceptors (Lipinski definition) is 3. The zero-order valence-electron chi connectivity index (χ0n) is 13.3. The van der Waals surface area contributed by atoms with E-state index in [1.165, 1.54) is 12.0 Å². The van der Waals surface area contributed by atoms with E-state index in [0.29, 0.717) is 25.5 Å². The predicted octanol–water partition coefficient (Wildman–Crippen LogP) is 2.36. The monoisotopic (exact) mass is 302 g/mol. The van der Waals surface area contributed by atoms with Gasteiger partial charge in [-0.2, -0.15) is 0 Å². The van der Waals surface area contributed by atoms with Gasteiger partial charge in [0.2, 0.25) is 5.91 Å². The Bertz CT molecular complexity index is 485. The summed E-state index contributed by atoms with van der Waals surface area (Å²) in [6, 6.07) is 10.3. The van der Waals surface area contributed by atoms with Crippen molar-refractivity contribution in [3.63, 3.8) is 0 Å². The van der Waals surface area contributed by atoms with Crippen LogP contribution in [0.15, 0.2) is 30.3 Å². The quantitative estimate of drug-likeness (QED) is 0.928. The lowest BCUT2D eigenvalue weighted by molar-refractivity contribution is -0.145. The second-order valence-electron chi connectivity index (χ2n) is 6.51. The summed E-state index contributed by atoms with van der Waals surface area (Å²) in [6.45, 7) is 5.50. The summed E-state index contributed by atoms with van der Waals surface area (Å²) in [7, 11) is 0. The number of carbonyl (C=O) groups excluding carboxylic acids is 1. The van der Waals surface area contributed by atoms with Gasteiger partial charge in [0.15, 0.2) is 0 Å². The molecule has 0 bridgehead atoms. The Kier molecular flexibility index (Phi) is 5.11. The molecule has 1 aromatic rings. The number of benzene rings is 1. The van der Waals surface area contributed by atoms with Crippen LogP contribution in [0.25, 0.3) is 0 Å². The summed E-state index contributed by atoms with van der Waals surface area (Å²) in [5, 5.41) is 3.37. The minimum Gasteiger partial charge on any atom is -0.374 e. The van der Waals surface area contributed by atoms with Gasteiger partial charge in [-0.15, -0.1) is 0 Å². The Balaban J connectivity index is 1.65. The number of ether oxygens (including phenoxy) is 1. The number of hydrogen-bond donors (Lipinski definition) is 1. The molecule has 2 fully saturated rings. The SMILES string of the molecule is CC1CN(C(=O)CCC2CCNC2)C(c2ccccc2)CO1. The number of rotatable bonds is 4. The molecule has 3 rings (SSSR count). The second kappa shape index (κ2) is 7.25. The summed E-state index contributed by atoms with van der Waals surface area (Å²) < 4.78 is 5.80. The fraction of sp³-hybridized carbons (Fsp3) is 0.611. The fourth-order valence-electron chi connectivity index (χ4n) is 3.46. The number of morpholine rings is 1. The fourth-order valence-corrected chi connectivity index (χ4v) is 3.46. The highest BCUT2D eigenvalue weighted by molar-refractivity contribution is 5.77. The molecule has 1 aromatic carbocycles. The van der Waals surface area contributed by atoms with Crippen molar-refractivity contribution in [1.29, 1.82) is 0 Å². The maximum Gasteiger partial charge on any atom is 0.223 e. The van der Waals surface area contributed by atoms with Crippen molar-refractivity contribution in [3.8, 4) is 0 Å². The summed E-state index contributed by atoms with van der Waals surface area (Å²) in [5.41, 5.74) is 1.17. The van der Waals surface area contributed by atoms with Crippen LogP contribution in [0.1, 0.15) is 37.8 Å². The number of carbonyl (C=O) groups is 1. The van der Waals surface area contributed by atoms with E-state index in [4.69, 9.17) is 4.74 Å². The topological polar surface area (TPSA) is 41.6 Å². The van der Waals surface area contributed by atoms with Crippen molar-refractivity contribution in [2.45, 2.75) is 38.3 Å². The van der Waals surface area contributed by atoms with Crippen LogP contribution >= 0.6 is 0 Å². The van der Waals surface area contributed by atoms with Crippen LogP contribution in [0.5, 0.6) is 0 Å². The molecule has 0 aromatic heterocycles. The van der Waals surface area contributed by atoms with E-state index in [-0.39, 0.29) is 18.1 Å². The number of amides is 1. The van der Waals surface area contributed by atoms with E-state index < -0.39 is 0 Å². The van der Waals surface area contributed by atoms with Crippen molar-refractivity contribution in [2.24, 2.45) is 5.92 Å². The lowest BCUT2D eigenvalue weighted by atomic mass is 9.99. The summed E-state index contributed by atoms with van der Waals surface area (Å²) in [5.74, 6) is 0.938. The summed E-state index contributed by atoms with van der Waals surface area (Å²) in [6.07, 6.45) is 2.98. The molecule has 3 atom stereocenters. The van der Waals surface area contributed by atoms with Crippen molar-refractivity contribution in [2.75, 3.05) is 26.2 Å². The molecule has 22 heavy (non-hydrogen) atoms. The molecule has 120 valence electrons. The molecule has 2 aliphatic rings. The highest BCUT2D eigenvalue weighted by atomic mass is 16.5. The van der Waals surface area contributed by atoms with Gasteiger partial charge in [0.25, 0.3) is 0 Å². The van der Waals surface area contributed by atoms with Crippen LogP contribution in [0.2, 0.25) is 0 Å². The Morgan fingerprint density at radius 1 is 1.36 bits per heavy atom. The molecule has 2 aliphatic heterocycles. The van der Waals surface area contributed by atoms with Gasteiger partial charge in [0.1, 0.15) is 0 Å². The molecular formula is C18H26N2O2. The first kappa shape index (κ1) is 15.5. The predicted molar refractivity (Wildman–Crippen MR) is 86.5 cm³/mol. The first-order valence-electron chi connectivity index (χ1n) is 8.41. The first-order chi connectivity index (χ1) is 10.7. The highest BCUT2D eigenvalue weighted by Gasteiger charge is 2.31. The number of nitrogens with one attached hydrogen (secondary N) is 1. The third kappa shape index (κ3) is 3.68. The molecule has 2 saturated heterocycles. The van der Waals surface area contributed by atoms with Gasteiger partial charge in [0.05, 0.1) is 18.8 Å². The minimum absolute atomic E-state index is 0.0617. The first-order valence-corrected chi connectivity index (χ1v) is 8.41. The zero-order valence-corrected chi connectivity index (χ0v) is 13.3. The minimum atomic E-state index is 0.0617. The van der Waals surface area contributed by atoms with Crippen molar-refractivity contribution in [1.82, 2.24) is 10.2 Å². The molecule has 3 unspecified atom stereocenters. The molecule has 0 aliphatic carbocycles. The van der Waals surface area contributed by atoms with Crippen molar-refractivity contribution in [3.05, 3.63) is 35.9 Å². The average molecular weight is 302 g/mol. The van der Waals surface area contributed by atoms with Gasteiger partial charge in [-0.05, 0) is 44.3 Å². The van der Waals surface area contributed by atoms with Crippen LogP contribution in [0.3, 0.4) is 0 Å². The Morgan fingerprint density at radius 2 is 2.18 bits per heavy atom. The zero-order chi connectivity index (χ0) is 15.4. The highest BCUT2D eigenvalue weighted by Crippen LogP contribution is 2.27. The van der Waals surface area contributed by atoms with Crippen molar-refractivity contribution < 1.29 is 9.53 Å². The van der Waals surface area contributed by atoms with E-state index >= 15 is 0 Å². The largest absolute Gasteiger partial charge is 0.374 e. The summed E-state index contributed by atoms with van der Waals surface area (Å²) >= 11 is 0. The van der Waals surface area contributed by atoms with Gasteiger partial charge in [-0.3, -0.25) is 4.79 Å². The van der Waals surface area contributed by atoms with Gasteiger partial charge >= 0.3 is 0 Å². The smallest absolute Gasteiger partial charge is 0.223 e. The van der Waals surface area contributed by atoms with Crippen LogP contribution in [-0.2, 0) is 9.53 Å². The van der Waals surface area contributed by atoms with Crippen molar-refractivity contribution >= 4 is 5.91 Å². The van der Waals surface area contributed by atoms with Crippen LogP contribution in [-0.4, -0.2) is 43.2 Å². The Labute approximate surface area is 132 Å². The lowest BCUT2D eigenvalue weighted by Crippen LogP contribution is -2.46. The van der Waals surface area contributed by atoms with Gasteiger partial charge in [0, 0.05) is 13.0 Å². The molecular weight excluding hydrogens is 276 g/mol. The molecule has 0 saturated carbocycles. The molecule has 0 spiro atoms. The van der Waals surface area contributed by atoms with E-state index in [1.54, 1.807) is 0 Å². The van der Waals surface area contributed by atoms with Crippen LogP contribution < -0.4 is 5.32 Å². The third-order valence-electron chi connectivity index (χ3n) is 4.80. The van der Waals surface area contributed by atoms with Gasteiger partial charge < -0.3 is 15.0 Å². The molecule has 2 heterocycles. The van der Waals surface area contributed by atoms with Gasteiger partial charge in [-0.1, -0.05) is 30.3 Å². The standard InChI is InChI=1S/C18H26N2O2/c1-14-12-20(18(21)8-7-15-9-10-19-11-15)17(13-22-14)16-5-3-2-4-6-16/h2-6,14-15,17,19H,7-13H2,1H3. The summed E-state index contributed by atoms with van der Waals surface area (Å²) in [4.78, 5) is 14.8. The van der Waals surface area contributed by atoms with E-state index in [2.05, 4.69) is 17.4 Å². The van der Waals surface area contributed by atoms with E-state index in [1.807, 2.05) is 30.0 Å². The van der Waals surface area contributed by atoms with Crippen LogP contribution in [0.4, 0.5) is 0 Å². The normalized spacial score (nSPS) is 28.8. The average Bonchev–Trinajstić information content (AvgIpc) is 3.07. The Hall–Kier alpha value is -1.39. The second-order valence-corrected chi connectivity index (χ2v) is 6.51. The number of nitrogens with zero attached hydrogens (tertiary/aromatic N) is 1. The molecule has 4 nitrogen and oxygen atoms in total. The van der Waals surface area contributed by atoms with E-state index in [0.717, 1.165) is 19.5 Å². The molecule has 0 radical (unpaired) electrons. The molecule has 1 N–H and O–H groups in total. The van der Waals surface area contributed by atoms with Crippen LogP contribution in [0, 0.1) is 5.92 Å². The third-order valence-corrected chi connectivity index (χ3v) is 4.80. The molecule has 1 amide bonds. The lowest BCUT2D eigenvalue weighted by Gasteiger charge is -2.39. The Morgan fingerprint density at radius 3 is 2.91 bits per heavy atom. The maximum atomic E-state index is 12.7. The van der Waals surface area contributed by atoms with Gasteiger partial charge in [-0.25, -0.2) is 0 Å². The van der Waals surface area contributed by atoms with E-state index in [9.17, 15) is 4.79 Å². The maximum absolute atomic E-state index is 12.7.